The number of nitrogens with one attached hydrogen (secondary N) is 1. The Bertz CT molecular complexity index is 537. The van der Waals surface area contributed by atoms with E-state index in [1.807, 2.05) is 25.1 Å². The van der Waals surface area contributed by atoms with Crippen LogP contribution in [0.5, 0.6) is 5.75 Å². The number of benzene rings is 2. The predicted octanol–water partition coefficient (Wildman–Crippen LogP) is 4.77. The highest BCUT2D eigenvalue weighted by Gasteiger charge is 1.99. The number of hydrogen-bond acceptors (Lipinski definition) is 2. The van der Waals surface area contributed by atoms with Crippen LogP contribution >= 0.6 is 15.9 Å². The topological polar surface area (TPSA) is 21.3 Å². The summed E-state index contributed by atoms with van der Waals surface area (Å²) < 4.78 is 6.54. The lowest BCUT2D eigenvalue weighted by molar-refractivity contribution is 0.340. The lowest BCUT2D eigenvalue weighted by atomic mass is 10.1. The van der Waals surface area contributed by atoms with Gasteiger partial charge in [0.25, 0.3) is 0 Å². The van der Waals surface area contributed by atoms with Crippen LogP contribution in [0, 0.1) is 6.92 Å². The molecule has 0 saturated heterocycles. The van der Waals surface area contributed by atoms with Crippen molar-refractivity contribution in [2.75, 3.05) is 11.9 Å². The van der Waals surface area contributed by atoms with Gasteiger partial charge in [-0.1, -0.05) is 28.1 Å². The van der Waals surface area contributed by atoms with Gasteiger partial charge in [0, 0.05) is 16.7 Å². The number of ether oxygens (including phenoxy) is 1. The lowest BCUT2D eigenvalue weighted by Gasteiger charge is -2.10. The van der Waals surface area contributed by atoms with Crippen LogP contribution in [0.25, 0.3) is 0 Å². The Morgan fingerprint density at radius 3 is 2.47 bits per heavy atom. The monoisotopic (exact) mass is 319 g/mol. The minimum absolute atomic E-state index is 0.704. The smallest absolute Gasteiger partial charge is 0.119 e. The molecule has 0 aromatic heterocycles. The summed E-state index contributed by atoms with van der Waals surface area (Å²) in [6, 6.07) is 14.4. The first-order valence-electron chi connectivity index (χ1n) is 6.41. The Morgan fingerprint density at radius 2 is 1.84 bits per heavy atom. The Hall–Kier alpha value is -1.48. The van der Waals surface area contributed by atoms with E-state index in [-0.39, 0.29) is 0 Å². The number of halogens is 1. The molecule has 0 saturated carbocycles. The first kappa shape index (κ1) is 13.9. The van der Waals surface area contributed by atoms with Gasteiger partial charge < -0.3 is 10.1 Å². The fourth-order valence-electron chi connectivity index (χ4n) is 1.89. The first-order valence-corrected chi connectivity index (χ1v) is 7.20. The van der Waals surface area contributed by atoms with Crippen LogP contribution in [0.15, 0.2) is 46.9 Å². The van der Waals surface area contributed by atoms with Gasteiger partial charge in [0.1, 0.15) is 5.75 Å². The van der Waals surface area contributed by atoms with E-state index in [0.29, 0.717) is 6.61 Å². The van der Waals surface area contributed by atoms with Gasteiger partial charge in [0.15, 0.2) is 0 Å². The van der Waals surface area contributed by atoms with Gasteiger partial charge in [-0.3, -0.25) is 0 Å². The zero-order valence-corrected chi connectivity index (χ0v) is 12.8. The van der Waals surface area contributed by atoms with E-state index in [4.69, 9.17) is 4.74 Å². The van der Waals surface area contributed by atoms with Crippen LogP contribution in [0.4, 0.5) is 5.69 Å². The Morgan fingerprint density at radius 1 is 1.11 bits per heavy atom. The van der Waals surface area contributed by atoms with Crippen LogP contribution in [0.1, 0.15) is 18.1 Å². The third-order valence-electron chi connectivity index (χ3n) is 2.91. The summed E-state index contributed by atoms with van der Waals surface area (Å²) in [7, 11) is 0. The molecule has 0 fully saturated rings. The fraction of sp³-hybridized carbons (Fsp3) is 0.250. The van der Waals surface area contributed by atoms with Crippen molar-refractivity contribution in [2.45, 2.75) is 20.4 Å². The van der Waals surface area contributed by atoms with Gasteiger partial charge in [0.05, 0.1) is 6.61 Å². The van der Waals surface area contributed by atoms with Crippen molar-refractivity contribution in [3.8, 4) is 5.75 Å². The molecule has 0 aliphatic carbocycles. The van der Waals surface area contributed by atoms with Crippen LogP contribution < -0.4 is 10.1 Å². The van der Waals surface area contributed by atoms with Crippen LogP contribution in [0.2, 0.25) is 0 Å². The van der Waals surface area contributed by atoms with Gasteiger partial charge in [-0.2, -0.15) is 0 Å². The summed E-state index contributed by atoms with van der Waals surface area (Å²) in [5.74, 6) is 0.922. The number of anilines is 1. The van der Waals surface area contributed by atoms with Crippen molar-refractivity contribution >= 4 is 21.6 Å². The number of aryl methyl sites for hydroxylation is 1. The molecule has 3 heteroatoms. The standard InChI is InChI=1S/C16H18BrNO/c1-3-19-15-7-4-13(5-8-15)11-18-16-9-6-14(17)10-12(16)2/h4-10,18H,3,11H2,1-2H3. The summed E-state index contributed by atoms with van der Waals surface area (Å²) in [6.07, 6.45) is 0. The van der Waals surface area contributed by atoms with Crippen molar-refractivity contribution in [3.05, 3.63) is 58.1 Å². The largest absolute Gasteiger partial charge is 0.494 e. The van der Waals surface area contributed by atoms with Crippen LogP contribution in [0.3, 0.4) is 0 Å². The summed E-state index contributed by atoms with van der Waals surface area (Å²) in [6.45, 7) is 5.61. The van der Waals surface area contributed by atoms with Gasteiger partial charge >= 0.3 is 0 Å². The van der Waals surface area contributed by atoms with E-state index in [2.05, 4.69) is 52.4 Å². The predicted molar refractivity (Wildman–Crippen MR) is 83.8 cm³/mol. The van der Waals surface area contributed by atoms with Crippen LogP contribution in [-0.4, -0.2) is 6.61 Å². The van der Waals surface area contributed by atoms with Gasteiger partial charge in [-0.05, 0) is 55.3 Å². The number of hydrogen-bond donors (Lipinski definition) is 1. The highest BCUT2D eigenvalue weighted by molar-refractivity contribution is 9.10. The van der Waals surface area contributed by atoms with Gasteiger partial charge in [-0.15, -0.1) is 0 Å². The molecule has 0 aliphatic heterocycles. The zero-order valence-electron chi connectivity index (χ0n) is 11.2. The normalized spacial score (nSPS) is 10.3. The van der Waals surface area contributed by atoms with E-state index in [9.17, 15) is 0 Å². The van der Waals surface area contributed by atoms with Crippen LogP contribution in [-0.2, 0) is 6.54 Å². The maximum atomic E-state index is 5.43. The molecule has 2 nitrogen and oxygen atoms in total. The molecule has 2 aromatic carbocycles. The molecule has 0 aliphatic rings. The van der Waals surface area contributed by atoms with Crippen molar-refractivity contribution in [1.82, 2.24) is 0 Å². The van der Waals surface area contributed by atoms with Crippen molar-refractivity contribution < 1.29 is 4.74 Å². The highest BCUT2D eigenvalue weighted by atomic mass is 79.9. The summed E-state index contributed by atoms with van der Waals surface area (Å²) >= 11 is 3.47. The Balaban J connectivity index is 1.98. The molecule has 0 atom stereocenters. The van der Waals surface area contributed by atoms with E-state index < -0.39 is 0 Å². The summed E-state index contributed by atoms with van der Waals surface area (Å²) in [5.41, 5.74) is 3.64. The molecular formula is C16H18BrNO. The maximum absolute atomic E-state index is 5.43. The molecule has 0 spiro atoms. The van der Waals surface area contributed by atoms with Gasteiger partial charge in [0.2, 0.25) is 0 Å². The number of rotatable bonds is 5. The third kappa shape index (κ3) is 4.00. The molecule has 0 heterocycles. The second-order valence-electron chi connectivity index (χ2n) is 4.39. The van der Waals surface area contributed by atoms with Crippen molar-refractivity contribution in [2.24, 2.45) is 0 Å². The average Bonchev–Trinajstić information content (AvgIpc) is 2.40. The Labute approximate surface area is 122 Å². The molecule has 0 amide bonds. The second-order valence-corrected chi connectivity index (χ2v) is 5.31. The second kappa shape index (κ2) is 6.62. The average molecular weight is 320 g/mol. The van der Waals surface area contributed by atoms with E-state index in [0.717, 1.165) is 22.5 Å². The molecule has 1 N–H and O–H groups in total. The molecular weight excluding hydrogens is 302 g/mol. The summed E-state index contributed by atoms with van der Waals surface area (Å²) in [5, 5.41) is 3.45. The molecule has 0 bridgehead atoms. The maximum Gasteiger partial charge on any atom is 0.119 e. The SMILES string of the molecule is CCOc1ccc(CNc2ccc(Br)cc2C)cc1. The summed E-state index contributed by atoms with van der Waals surface area (Å²) in [4.78, 5) is 0. The third-order valence-corrected chi connectivity index (χ3v) is 3.40. The molecule has 19 heavy (non-hydrogen) atoms. The molecule has 100 valence electrons. The minimum atomic E-state index is 0.704. The van der Waals surface area contributed by atoms with Crippen molar-refractivity contribution in [3.63, 3.8) is 0 Å². The first-order chi connectivity index (χ1) is 9.19. The highest BCUT2D eigenvalue weighted by Crippen LogP contribution is 2.21. The van der Waals surface area contributed by atoms with E-state index in [1.165, 1.54) is 11.1 Å². The molecule has 0 unspecified atom stereocenters. The molecule has 0 radical (unpaired) electrons. The zero-order chi connectivity index (χ0) is 13.7. The van der Waals surface area contributed by atoms with E-state index >= 15 is 0 Å². The fourth-order valence-corrected chi connectivity index (χ4v) is 2.37. The molecule has 2 aromatic rings. The Kier molecular flexibility index (Phi) is 4.86. The van der Waals surface area contributed by atoms with E-state index in [1.54, 1.807) is 0 Å². The quantitative estimate of drug-likeness (QED) is 0.857. The lowest BCUT2D eigenvalue weighted by Crippen LogP contribution is -2.01. The minimum Gasteiger partial charge on any atom is -0.494 e. The van der Waals surface area contributed by atoms with Crippen molar-refractivity contribution in [1.29, 1.82) is 0 Å². The molecule has 2 rings (SSSR count). The van der Waals surface area contributed by atoms with Gasteiger partial charge in [-0.25, -0.2) is 0 Å².